The first kappa shape index (κ1) is 17.5. The molecule has 0 bridgehead atoms. The monoisotopic (exact) mass is 345 g/mol. The number of nitrogens with zero attached hydrogens (tertiary/aromatic N) is 1. The van der Waals surface area contributed by atoms with Gasteiger partial charge < -0.3 is 19.0 Å². The number of aliphatic imine (C=N–C) groups is 1. The maximum Gasteiger partial charge on any atom is 0.349 e. The van der Waals surface area contributed by atoms with E-state index in [1.54, 1.807) is 33.0 Å². The van der Waals surface area contributed by atoms with Crippen molar-refractivity contribution in [3.05, 3.63) is 33.7 Å². The summed E-state index contributed by atoms with van der Waals surface area (Å²) in [6.07, 6.45) is 2.75. The summed E-state index contributed by atoms with van der Waals surface area (Å²) in [7, 11) is 1.56. The molecular formula is C19H23NO5. The molecule has 1 N–H and O–H groups in total. The summed E-state index contributed by atoms with van der Waals surface area (Å²) in [5.41, 5.74) is 0.875. The lowest BCUT2D eigenvalue weighted by atomic mass is 10.1. The normalized spacial score (nSPS) is 21.5. The second-order valence-electron chi connectivity index (χ2n) is 6.41. The quantitative estimate of drug-likeness (QED) is 0.680. The number of hydrogen-bond acceptors (Lipinski definition) is 6. The molecule has 1 aliphatic heterocycles. The van der Waals surface area contributed by atoms with Crippen molar-refractivity contribution in [1.29, 1.82) is 0 Å². The molecule has 2 aromatic rings. The van der Waals surface area contributed by atoms with Gasteiger partial charge in [-0.2, -0.15) is 0 Å². The number of ether oxygens (including phenoxy) is 2. The largest absolute Gasteiger partial charge is 0.506 e. The summed E-state index contributed by atoms with van der Waals surface area (Å²) in [6, 6.07) is 3.46. The van der Waals surface area contributed by atoms with Crippen LogP contribution in [0.2, 0.25) is 0 Å². The Bertz CT molecular complexity index is 883. The lowest BCUT2D eigenvalue weighted by molar-refractivity contribution is -0.141. The first-order valence-corrected chi connectivity index (χ1v) is 8.47. The Morgan fingerprint density at radius 3 is 2.80 bits per heavy atom. The second-order valence-corrected chi connectivity index (χ2v) is 6.41. The van der Waals surface area contributed by atoms with Gasteiger partial charge in [-0.1, -0.05) is 0 Å². The zero-order valence-electron chi connectivity index (χ0n) is 15.0. The highest BCUT2D eigenvalue weighted by Gasteiger charge is 2.23. The van der Waals surface area contributed by atoms with Crippen LogP contribution in [0.1, 0.15) is 44.2 Å². The lowest BCUT2D eigenvalue weighted by Gasteiger charge is -2.28. The Labute approximate surface area is 146 Å². The molecule has 6 heteroatoms. The molecule has 1 aliphatic rings. The van der Waals surface area contributed by atoms with Crippen LogP contribution in [0, 0.1) is 6.92 Å². The smallest absolute Gasteiger partial charge is 0.349 e. The number of hydrogen-bond donors (Lipinski definition) is 1. The van der Waals surface area contributed by atoms with Crippen LogP contribution in [-0.4, -0.2) is 30.3 Å². The maximum absolute atomic E-state index is 12.3. The minimum absolute atomic E-state index is 0.0903. The van der Waals surface area contributed by atoms with Gasteiger partial charge in [0.15, 0.2) is 6.29 Å². The molecule has 6 nitrogen and oxygen atoms in total. The zero-order chi connectivity index (χ0) is 18.1. The number of benzene rings is 1. The summed E-state index contributed by atoms with van der Waals surface area (Å²) in [5.74, 6) is 0.467. The molecule has 0 saturated carbocycles. The SMILES string of the molecule is CN=C(C)c1c(O)c2ccc(OC3CCC[C@@H](C)O3)c(C)c2oc1=O. The molecule has 134 valence electrons. The molecule has 1 saturated heterocycles. The summed E-state index contributed by atoms with van der Waals surface area (Å²) in [6.45, 7) is 5.48. The zero-order valence-corrected chi connectivity index (χ0v) is 15.0. The molecule has 0 radical (unpaired) electrons. The number of aryl methyl sites for hydroxylation is 1. The van der Waals surface area contributed by atoms with E-state index in [2.05, 4.69) is 4.99 Å². The Hall–Kier alpha value is -2.34. The molecule has 25 heavy (non-hydrogen) atoms. The van der Waals surface area contributed by atoms with Crippen molar-refractivity contribution in [2.75, 3.05) is 7.05 Å². The average molecular weight is 345 g/mol. The van der Waals surface area contributed by atoms with E-state index in [9.17, 15) is 9.90 Å². The van der Waals surface area contributed by atoms with E-state index in [1.165, 1.54) is 0 Å². The van der Waals surface area contributed by atoms with Gasteiger partial charge in [0.05, 0.1) is 11.5 Å². The summed E-state index contributed by atoms with van der Waals surface area (Å²) < 4.78 is 17.2. The van der Waals surface area contributed by atoms with E-state index in [-0.39, 0.29) is 23.7 Å². The van der Waals surface area contributed by atoms with Gasteiger partial charge >= 0.3 is 5.63 Å². The standard InChI is InChI=1S/C19H23NO5/c1-10-6-5-7-15(23-10)24-14-9-8-13-17(21)16(12(3)20-4)19(22)25-18(13)11(14)2/h8-10,15,21H,5-7H2,1-4H3/t10-,15?/m1/s1. The summed E-state index contributed by atoms with van der Waals surface area (Å²) in [5, 5.41) is 11.0. The van der Waals surface area contributed by atoms with Gasteiger partial charge in [-0.25, -0.2) is 4.79 Å². The number of aromatic hydroxyl groups is 1. The Kier molecular flexibility index (Phi) is 4.81. The minimum atomic E-state index is -0.615. The van der Waals surface area contributed by atoms with Crippen LogP contribution in [0.5, 0.6) is 11.5 Å². The maximum atomic E-state index is 12.3. The van der Waals surface area contributed by atoms with Crippen LogP contribution in [0.15, 0.2) is 26.3 Å². The van der Waals surface area contributed by atoms with Crippen molar-refractivity contribution >= 4 is 16.7 Å². The van der Waals surface area contributed by atoms with Gasteiger partial charge in [0.2, 0.25) is 0 Å². The highest BCUT2D eigenvalue weighted by atomic mass is 16.7. The highest BCUT2D eigenvalue weighted by molar-refractivity contribution is 6.05. The fraction of sp³-hybridized carbons (Fsp3) is 0.474. The highest BCUT2D eigenvalue weighted by Crippen LogP contribution is 2.34. The molecule has 0 spiro atoms. The van der Waals surface area contributed by atoms with Crippen molar-refractivity contribution in [2.24, 2.45) is 4.99 Å². The molecule has 0 amide bonds. The molecule has 1 aromatic carbocycles. The second kappa shape index (κ2) is 6.88. The average Bonchev–Trinajstić information content (AvgIpc) is 2.58. The molecule has 1 fully saturated rings. The van der Waals surface area contributed by atoms with Crippen LogP contribution in [0.25, 0.3) is 11.0 Å². The van der Waals surface area contributed by atoms with E-state index in [0.29, 0.717) is 28.0 Å². The Balaban J connectivity index is 2.04. The molecule has 2 atom stereocenters. The Morgan fingerprint density at radius 2 is 2.12 bits per heavy atom. The van der Waals surface area contributed by atoms with Crippen molar-refractivity contribution in [3.63, 3.8) is 0 Å². The predicted octanol–water partition coefficient (Wildman–Crippen LogP) is 3.54. The molecule has 3 rings (SSSR count). The third kappa shape index (κ3) is 3.26. The minimum Gasteiger partial charge on any atom is -0.506 e. The van der Waals surface area contributed by atoms with Crippen LogP contribution < -0.4 is 10.4 Å². The fourth-order valence-corrected chi connectivity index (χ4v) is 3.12. The van der Waals surface area contributed by atoms with Crippen LogP contribution in [-0.2, 0) is 4.74 Å². The summed E-state index contributed by atoms with van der Waals surface area (Å²) in [4.78, 5) is 16.2. The van der Waals surface area contributed by atoms with Gasteiger partial charge in [-0.15, -0.1) is 0 Å². The third-order valence-corrected chi connectivity index (χ3v) is 4.64. The number of rotatable bonds is 3. The van der Waals surface area contributed by atoms with Gasteiger partial charge in [-0.05, 0) is 45.7 Å². The Morgan fingerprint density at radius 1 is 1.36 bits per heavy atom. The van der Waals surface area contributed by atoms with E-state index in [4.69, 9.17) is 13.9 Å². The van der Waals surface area contributed by atoms with Crippen molar-refractivity contribution in [2.45, 2.75) is 52.4 Å². The number of fused-ring (bicyclic) bond motifs is 1. The van der Waals surface area contributed by atoms with E-state index in [0.717, 1.165) is 19.3 Å². The van der Waals surface area contributed by atoms with Crippen molar-refractivity contribution < 1.29 is 19.0 Å². The van der Waals surface area contributed by atoms with E-state index >= 15 is 0 Å². The topological polar surface area (TPSA) is 81.3 Å². The van der Waals surface area contributed by atoms with Gasteiger partial charge in [-0.3, -0.25) is 4.99 Å². The van der Waals surface area contributed by atoms with E-state index < -0.39 is 5.63 Å². The molecular weight excluding hydrogens is 322 g/mol. The van der Waals surface area contributed by atoms with Gasteiger partial charge in [0, 0.05) is 24.7 Å². The fourth-order valence-electron chi connectivity index (χ4n) is 3.12. The van der Waals surface area contributed by atoms with Crippen LogP contribution >= 0.6 is 0 Å². The first-order chi connectivity index (χ1) is 11.9. The van der Waals surface area contributed by atoms with Crippen LogP contribution in [0.3, 0.4) is 0 Å². The molecule has 2 heterocycles. The predicted molar refractivity (Wildman–Crippen MR) is 95.8 cm³/mol. The molecule has 1 aromatic heterocycles. The lowest BCUT2D eigenvalue weighted by Crippen LogP contribution is -2.30. The van der Waals surface area contributed by atoms with E-state index in [1.807, 2.05) is 6.92 Å². The molecule has 0 aliphatic carbocycles. The summed E-state index contributed by atoms with van der Waals surface area (Å²) >= 11 is 0. The van der Waals surface area contributed by atoms with Crippen molar-refractivity contribution in [3.8, 4) is 11.5 Å². The first-order valence-electron chi connectivity index (χ1n) is 8.47. The van der Waals surface area contributed by atoms with Crippen LogP contribution in [0.4, 0.5) is 0 Å². The van der Waals surface area contributed by atoms with Crippen molar-refractivity contribution in [1.82, 2.24) is 0 Å². The third-order valence-electron chi connectivity index (χ3n) is 4.64. The molecule has 1 unspecified atom stereocenters. The van der Waals surface area contributed by atoms with Gasteiger partial charge in [0.1, 0.15) is 22.6 Å². The van der Waals surface area contributed by atoms with Gasteiger partial charge in [0.25, 0.3) is 0 Å².